The molecule has 1 aromatic heterocycles. The van der Waals surface area contributed by atoms with E-state index < -0.39 is 10.0 Å². The molecule has 102 valence electrons. The lowest BCUT2D eigenvalue weighted by molar-refractivity contribution is 0.385. The van der Waals surface area contributed by atoms with Gasteiger partial charge in [0.25, 0.3) is 0 Å². The molecule has 7 heteroatoms. The molecule has 0 fully saturated rings. The fraction of sp³-hybridized carbons (Fsp3) is 0.545. The molecule has 0 aliphatic heterocycles. The molecule has 0 aliphatic rings. The van der Waals surface area contributed by atoms with E-state index in [1.807, 2.05) is 13.2 Å². The summed E-state index contributed by atoms with van der Waals surface area (Å²) in [5.74, 6) is 0.981. The first-order valence-corrected chi connectivity index (χ1v) is 8.45. The zero-order valence-electron chi connectivity index (χ0n) is 10.8. The normalized spacial score (nSPS) is 13.8. The molecule has 0 bridgehead atoms. The Kier molecular flexibility index (Phi) is 5.43. The number of hydrogen-bond acceptors (Lipinski definition) is 5. The molecule has 1 heterocycles. The van der Waals surface area contributed by atoms with Gasteiger partial charge < -0.3 is 5.73 Å². The maximum Gasteiger partial charge on any atom is 0.243 e. The van der Waals surface area contributed by atoms with Gasteiger partial charge in [0.2, 0.25) is 10.0 Å². The summed E-state index contributed by atoms with van der Waals surface area (Å²) in [6.45, 7) is 1.98. The summed E-state index contributed by atoms with van der Waals surface area (Å²) in [6.07, 6.45) is 4.15. The monoisotopic (exact) mass is 289 g/mol. The molecule has 5 nitrogen and oxygen atoms in total. The standard InChI is InChI=1S/C11H19N3O2S2/c1-4-9(8-17-3)14(2)18(15,16)10-5-6-13-11(12)7-10/h5-7,9H,4,8H2,1-3H3,(H2,12,13). The molecule has 0 aromatic carbocycles. The highest BCUT2D eigenvalue weighted by Crippen LogP contribution is 2.20. The van der Waals surface area contributed by atoms with Crippen molar-refractivity contribution in [1.29, 1.82) is 0 Å². The molecule has 0 spiro atoms. The van der Waals surface area contributed by atoms with Crippen molar-refractivity contribution in [2.45, 2.75) is 24.3 Å². The Balaban J connectivity index is 3.06. The van der Waals surface area contributed by atoms with Gasteiger partial charge in [-0.25, -0.2) is 13.4 Å². The summed E-state index contributed by atoms with van der Waals surface area (Å²) in [7, 11) is -1.89. The SMILES string of the molecule is CCC(CSC)N(C)S(=O)(=O)c1ccnc(N)c1. The van der Waals surface area contributed by atoms with Gasteiger partial charge in [-0.15, -0.1) is 0 Å². The number of aromatic nitrogens is 1. The van der Waals surface area contributed by atoms with Crippen LogP contribution in [0.3, 0.4) is 0 Å². The van der Waals surface area contributed by atoms with Gasteiger partial charge in [0, 0.05) is 31.1 Å². The quantitative estimate of drug-likeness (QED) is 0.857. The minimum absolute atomic E-state index is 0.0145. The maximum absolute atomic E-state index is 12.4. The third kappa shape index (κ3) is 3.37. The van der Waals surface area contributed by atoms with Crippen LogP contribution in [0, 0.1) is 0 Å². The summed E-state index contributed by atoms with van der Waals surface area (Å²) in [5.41, 5.74) is 5.52. The van der Waals surface area contributed by atoms with Gasteiger partial charge in [0.05, 0.1) is 4.90 Å². The Bertz CT molecular complexity index is 491. The minimum atomic E-state index is -3.49. The van der Waals surface area contributed by atoms with Crippen LogP contribution in [0.1, 0.15) is 13.3 Å². The lowest BCUT2D eigenvalue weighted by atomic mass is 10.3. The van der Waals surface area contributed by atoms with Crippen LogP contribution in [0.5, 0.6) is 0 Å². The van der Waals surface area contributed by atoms with Crippen LogP contribution in [0.2, 0.25) is 0 Å². The number of thioether (sulfide) groups is 1. The van der Waals surface area contributed by atoms with Crippen LogP contribution in [-0.4, -0.2) is 42.8 Å². The Hall–Kier alpha value is -0.790. The number of hydrogen-bond donors (Lipinski definition) is 1. The van der Waals surface area contributed by atoms with Gasteiger partial charge in [-0.05, 0) is 18.7 Å². The van der Waals surface area contributed by atoms with Gasteiger partial charge >= 0.3 is 0 Å². The van der Waals surface area contributed by atoms with Crippen LogP contribution in [0.15, 0.2) is 23.2 Å². The number of anilines is 1. The second-order valence-corrected chi connectivity index (χ2v) is 6.86. The third-order valence-electron chi connectivity index (χ3n) is 2.77. The smallest absolute Gasteiger partial charge is 0.243 e. The maximum atomic E-state index is 12.4. The predicted octanol–water partition coefficient (Wildman–Crippen LogP) is 1.43. The summed E-state index contributed by atoms with van der Waals surface area (Å²) < 4.78 is 26.2. The minimum Gasteiger partial charge on any atom is -0.384 e. The zero-order chi connectivity index (χ0) is 13.8. The number of nitrogen functional groups attached to an aromatic ring is 1. The highest BCUT2D eigenvalue weighted by Gasteiger charge is 2.26. The van der Waals surface area contributed by atoms with Gasteiger partial charge in [-0.3, -0.25) is 0 Å². The Morgan fingerprint density at radius 3 is 2.72 bits per heavy atom. The van der Waals surface area contributed by atoms with Gasteiger partial charge in [-0.2, -0.15) is 16.1 Å². The molecular weight excluding hydrogens is 270 g/mol. The summed E-state index contributed by atoms with van der Waals surface area (Å²) in [5, 5.41) is 0. The van der Waals surface area contributed by atoms with Crippen molar-refractivity contribution in [3.8, 4) is 0 Å². The molecule has 1 atom stereocenters. The van der Waals surface area contributed by atoms with E-state index >= 15 is 0 Å². The Morgan fingerprint density at radius 1 is 1.56 bits per heavy atom. The molecule has 18 heavy (non-hydrogen) atoms. The van der Waals surface area contributed by atoms with E-state index in [9.17, 15) is 8.42 Å². The molecular formula is C11H19N3O2S2. The highest BCUT2D eigenvalue weighted by molar-refractivity contribution is 7.98. The molecule has 1 aromatic rings. The lowest BCUT2D eigenvalue weighted by Crippen LogP contribution is -2.38. The van der Waals surface area contributed by atoms with E-state index in [1.165, 1.54) is 22.6 Å². The molecule has 0 amide bonds. The lowest BCUT2D eigenvalue weighted by Gasteiger charge is -2.26. The van der Waals surface area contributed by atoms with Crippen molar-refractivity contribution in [2.75, 3.05) is 24.8 Å². The van der Waals surface area contributed by atoms with Crippen molar-refractivity contribution in [3.05, 3.63) is 18.3 Å². The van der Waals surface area contributed by atoms with E-state index in [2.05, 4.69) is 4.98 Å². The molecule has 1 unspecified atom stereocenters. The van der Waals surface area contributed by atoms with Crippen molar-refractivity contribution in [1.82, 2.24) is 9.29 Å². The van der Waals surface area contributed by atoms with Gasteiger partial charge in [-0.1, -0.05) is 6.92 Å². The summed E-state index contributed by atoms with van der Waals surface area (Å²) in [4.78, 5) is 4.00. The zero-order valence-corrected chi connectivity index (χ0v) is 12.5. The Labute approximate surface area is 113 Å². The molecule has 0 saturated heterocycles. The fourth-order valence-corrected chi connectivity index (χ4v) is 4.01. The van der Waals surface area contributed by atoms with E-state index in [-0.39, 0.29) is 16.8 Å². The van der Waals surface area contributed by atoms with Crippen LogP contribution in [0.25, 0.3) is 0 Å². The first kappa shape index (κ1) is 15.3. The number of nitrogens with zero attached hydrogens (tertiary/aromatic N) is 2. The van der Waals surface area contributed by atoms with Crippen molar-refractivity contribution < 1.29 is 8.42 Å². The number of rotatable bonds is 6. The van der Waals surface area contributed by atoms with Crippen molar-refractivity contribution >= 4 is 27.6 Å². The predicted molar refractivity (Wildman–Crippen MR) is 76.1 cm³/mol. The number of nitrogens with two attached hydrogens (primary N) is 1. The van der Waals surface area contributed by atoms with Crippen LogP contribution >= 0.6 is 11.8 Å². The Morgan fingerprint density at radius 2 is 2.22 bits per heavy atom. The van der Waals surface area contributed by atoms with Gasteiger partial charge in [0.1, 0.15) is 5.82 Å². The summed E-state index contributed by atoms with van der Waals surface area (Å²) >= 11 is 1.63. The first-order chi connectivity index (χ1) is 8.43. The summed E-state index contributed by atoms with van der Waals surface area (Å²) in [6, 6.07) is 2.84. The molecule has 0 radical (unpaired) electrons. The van der Waals surface area contributed by atoms with Crippen LogP contribution in [-0.2, 0) is 10.0 Å². The molecule has 0 aliphatic carbocycles. The van der Waals surface area contributed by atoms with E-state index in [0.717, 1.165) is 12.2 Å². The fourth-order valence-electron chi connectivity index (χ4n) is 1.62. The average Bonchev–Trinajstić information content (AvgIpc) is 2.35. The number of sulfonamides is 1. The van der Waals surface area contributed by atoms with Crippen molar-refractivity contribution in [2.24, 2.45) is 0 Å². The molecule has 1 rings (SSSR count). The van der Waals surface area contributed by atoms with Gasteiger partial charge in [0.15, 0.2) is 0 Å². The third-order valence-corrected chi connectivity index (χ3v) is 5.40. The van der Waals surface area contributed by atoms with Crippen LogP contribution in [0.4, 0.5) is 5.82 Å². The van der Waals surface area contributed by atoms with E-state index in [4.69, 9.17) is 5.73 Å². The van der Waals surface area contributed by atoms with E-state index in [1.54, 1.807) is 18.8 Å². The molecule has 2 N–H and O–H groups in total. The second-order valence-electron chi connectivity index (χ2n) is 3.96. The van der Waals surface area contributed by atoms with E-state index in [0.29, 0.717) is 0 Å². The van der Waals surface area contributed by atoms with Crippen LogP contribution < -0.4 is 5.73 Å². The molecule has 0 saturated carbocycles. The first-order valence-electron chi connectivity index (χ1n) is 5.62. The number of pyridine rings is 1. The second kappa shape index (κ2) is 6.40. The largest absolute Gasteiger partial charge is 0.384 e. The average molecular weight is 289 g/mol. The topological polar surface area (TPSA) is 76.3 Å². The van der Waals surface area contributed by atoms with Crippen molar-refractivity contribution in [3.63, 3.8) is 0 Å². The highest BCUT2D eigenvalue weighted by atomic mass is 32.2.